The van der Waals surface area contributed by atoms with Crippen LogP contribution in [0.3, 0.4) is 0 Å². The molecule has 29 heavy (non-hydrogen) atoms. The number of nitrogens with zero attached hydrogens (tertiary/aromatic N) is 1. The minimum absolute atomic E-state index is 0.0306. The van der Waals surface area contributed by atoms with Gasteiger partial charge < -0.3 is 15.1 Å². The van der Waals surface area contributed by atoms with Crippen molar-refractivity contribution in [3.8, 4) is 0 Å². The number of carbonyl (C=O) groups excluding carboxylic acids is 2. The highest BCUT2D eigenvalue weighted by molar-refractivity contribution is 7.91. The van der Waals surface area contributed by atoms with Crippen LogP contribution in [0.5, 0.6) is 0 Å². The molecule has 8 nitrogen and oxygen atoms in total. The van der Waals surface area contributed by atoms with Crippen LogP contribution in [0.25, 0.3) is 0 Å². The largest absolute Gasteiger partial charge is 0.459 e. The summed E-state index contributed by atoms with van der Waals surface area (Å²) < 4.78 is 29.3. The summed E-state index contributed by atoms with van der Waals surface area (Å²) >= 11 is 0. The lowest BCUT2D eigenvalue weighted by Gasteiger charge is -2.28. The molecular weight excluding hydrogens is 394 g/mol. The summed E-state index contributed by atoms with van der Waals surface area (Å²) in [7, 11) is -3.16. The third kappa shape index (κ3) is 4.51. The third-order valence-electron chi connectivity index (χ3n) is 5.40. The fourth-order valence-electron chi connectivity index (χ4n) is 3.96. The number of anilines is 1. The zero-order valence-electron chi connectivity index (χ0n) is 15.8. The van der Waals surface area contributed by atoms with E-state index in [9.17, 15) is 18.0 Å². The monoisotopic (exact) mass is 417 g/mol. The molecule has 9 heteroatoms. The number of hydrogen-bond donors (Lipinski definition) is 2. The Kier molecular flexibility index (Phi) is 5.42. The Labute approximate surface area is 169 Å². The SMILES string of the molecule is O=C(NC1CS(=O)(=O)CC1N1CCCC1)c1ccc(NC(=O)c2ccco2)cc1. The van der Waals surface area contributed by atoms with Gasteiger partial charge in [-0.2, -0.15) is 0 Å². The molecule has 2 unspecified atom stereocenters. The molecule has 2 amide bonds. The lowest BCUT2D eigenvalue weighted by atomic mass is 10.1. The second kappa shape index (κ2) is 8.00. The van der Waals surface area contributed by atoms with Gasteiger partial charge in [0.2, 0.25) is 0 Å². The molecule has 1 aromatic carbocycles. The van der Waals surface area contributed by atoms with Gasteiger partial charge in [0.1, 0.15) is 0 Å². The average molecular weight is 417 g/mol. The fourth-order valence-corrected chi connectivity index (χ4v) is 5.91. The van der Waals surface area contributed by atoms with Crippen molar-refractivity contribution < 1.29 is 22.4 Å². The van der Waals surface area contributed by atoms with Crippen LogP contribution >= 0.6 is 0 Å². The van der Waals surface area contributed by atoms with E-state index in [0.717, 1.165) is 25.9 Å². The summed E-state index contributed by atoms with van der Waals surface area (Å²) in [6.45, 7) is 1.74. The topological polar surface area (TPSA) is 109 Å². The number of carbonyl (C=O) groups is 2. The Morgan fingerprint density at radius 1 is 1.00 bits per heavy atom. The van der Waals surface area contributed by atoms with Gasteiger partial charge >= 0.3 is 0 Å². The first-order chi connectivity index (χ1) is 13.9. The van der Waals surface area contributed by atoms with E-state index in [2.05, 4.69) is 15.5 Å². The number of likely N-dealkylation sites (tertiary alicyclic amines) is 1. The molecule has 4 rings (SSSR count). The van der Waals surface area contributed by atoms with Crippen molar-refractivity contribution in [3.63, 3.8) is 0 Å². The normalized spacial score (nSPS) is 23.7. The van der Waals surface area contributed by atoms with E-state index < -0.39 is 15.9 Å². The van der Waals surface area contributed by atoms with E-state index in [1.54, 1.807) is 36.4 Å². The Morgan fingerprint density at radius 2 is 1.72 bits per heavy atom. The molecule has 3 heterocycles. The number of hydrogen-bond acceptors (Lipinski definition) is 6. The quantitative estimate of drug-likeness (QED) is 0.764. The number of sulfone groups is 1. The maximum absolute atomic E-state index is 12.7. The Hall–Kier alpha value is -2.65. The Bertz CT molecular complexity index is 980. The van der Waals surface area contributed by atoms with Crippen molar-refractivity contribution in [2.24, 2.45) is 0 Å². The zero-order valence-corrected chi connectivity index (χ0v) is 16.7. The number of rotatable bonds is 5. The first kappa shape index (κ1) is 19.7. The Balaban J connectivity index is 1.40. The second-order valence-corrected chi connectivity index (χ2v) is 9.63. The average Bonchev–Trinajstić information content (AvgIpc) is 3.43. The van der Waals surface area contributed by atoms with Crippen LogP contribution in [-0.4, -0.2) is 61.8 Å². The lowest BCUT2D eigenvalue weighted by Crippen LogP contribution is -2.50. The summed E-state index contributed by atoms with van der Waals surface area (Å²) in [5.41, 5.74) is 0.937. The molecule has 0 aliphatic carbocycles. The van der Waals surface area contributed by atoms with Crippen LogP contribution < -0.4 is 10.6 Å². The predicted molar refractivity (Wildman–Crippen MR) is 108 cm³/mol. The highest BCUT2D eigenvalue weighted by Gasteiger charge is 2.42. The van der Waals surface area contributed by atoms with Crippen LogP contribution in [0.2, 0.25) is 0 Å². The predicted octanol–water partition coefficient (Wildman–Crippen LogP) is 1.52. The van der Waals surface area contributed by atoms with E-state index >= 15 is 0 Å². The van der Waals surface area contributed by atoms with Gasteiger partial charge in [-0.25, -0.2) is 8.42 Å². The van der Waals surface area contributed by atoms with Gasteiger partial charge in [-0.15, -0.1) is 0 Å². The van der Waals surface area contributed by atoms with Gasteiger partial charge in [0, 0.05) is 17.3 Å². The Morgan fingerprint density at radius 3 is 2.38 bits per heavy atom. The van der Waals surface area contributed by atoms with E-state index in [0.29, 0.717) is 11.3 Å². The van der Waals surface area contributed by atoms with E-state index in [-0.39, 0.29) is 35.1 Å². The smallest absolute Gasteiger partial charge is 0.291 e. The first-order valence-corrected chi connectivity index (χ1v) is 11.4. The van der Waals surface area contributed by atoms with Gasteiger partial charge in [-0.1, -0.05) is 0 Å². The molecule has 0 bridgehead atoms. The minimum Gasteiger partial charge on any atom is -0.459 e. The molecule has 2 fully saturated rings. The maximum atomic E-state index is 12.7. The molecule has 154 valence electrons. The van der Waals surface area contributed by atoms with Crippen molar-refractivity contribution in [2.45, 2.75) is 24.9 Å². The van der Waals surface area contributed by atoms with E-state index in [4.69, 9.17) is 4.42 Å². The van der Waals surface area contributed by atoms with Crippen LogP contribution in [0.1, 0.15) is 33.8 Å². The zero-order chi connectivity index (χ0) is 20.4. The summed E-state index contributed by atoms with van der Waals surface area (Å²) in [6.07, 6.45) is 3.53. The molecule has 2 aliphatic rings. The number of amides is 2. The molecule has 2 N–H and O–H groups in total. The molecule has 0 spiro atoms. The molecule has 0 radical (unpaired) electrons. The van der Waals surface area contributed by atoms with Crippen molar-refractivity contribution in [3.05, 3.63) is 54.0 Å². The molecule has 2 atom stereocenters. The van der Waals surface area contributed by atoms with Gasteiger partial charge in [0.25, 0.3) is 11.8 Å². The van der Waals surface area contributed by atoms with Crippen LogP contribution in [0, 0.1) is 0 Å². The van der Waals surface area contributed by atoms with Crippen LogP contribution in [-0.2, 0) is 9.84 Å². The minimum atomic E-state index is -3.16. The number of nitrogens with one attached hydrogen (secondary N) is 2. The van der Waals surface area contributed by atoms with Crippen LogP contribution in [0.15, 0.2) is 47.1 Å². The summed E-state index contributed by atoms with van der Waals surface area (Å²) in [4.78, 5) is 26.8. The van der Waals surface area contributed by atoms with Crippen molar-refractivity contribution >= 4 is 27.3 Å². The summed E-state index contributed by atoms with van der Waals surface area (Å²) in [6, 6.07) is 9.05. The highest BCUT2D eigenvalue weighted by atomic mass is 32.2. The van der Waals surface area contributed by atoms with E-state index in [1.165, 1.54) is 6.26 Å². The van der Waals surface area contributed by atoms with Gasteiger partial charge in [0.15, 0.2) is 15.6 Å². The molecule has 2 saturated heterocycles. The van der Waals surface area contributed by atoms with Crippen molar-refractivity contribution in [2.75, 3.05) is 29.9 Å². The molecule has 1 aromatic heterocycles. The third-order valence-corrected chi connectivity index (χ3v) is 7.12. The summed E-state index contributed by atoms with van der Waals surface area (Å²) in [5, 5.41) is 5.59. The number of furan rings is 1. The standard InChI is InChI=1S/C20H23N3O5S/c24-19(22-16-12-29(26,27)13-17(16)23-9-1-2-10-23)14-5-7-15(8-6-14)21-20(25)18-4-3-11-28-18/h3-8,11,16-17H,1-2,9-10,12-13H2,(H,21,25)(H,22,24). The van der Waals surface area contributed by atoms with Crippen molar-refractivity contribution in [1.29, 1.82) is 0 Å². The van der Waals surface area contributed by atoms with Crippen LogP contribution in [0.4, 0.5) is 5.69 Å². The second-order valence-electron chi connectivity index (χ2n) is 7.48. The summed E-state index contributed by atoms with van der Waals surface area (Å²) in [5.74, 6) is -0.438. The first-order valence-electron chi connectivity index (χ1n) is 9.61. The molecular formula is C20H23N3O5S. The number of benzene rings is 1. The van der Waals surface area contributed by atoms with Gasteiger partial charge in [0.05, 0.1) is 23.8 Å². The molecule has 0 saturated carbocycles. The lowest BCUT2D eigenvalue weighted by molar-refractivity contribution is 0.0918. The highest BCUT2D eigenvalue weighted by Crippen LogP contribution is 2.23. The van der Waals surface area contributed by atoms with Gasteiger partial charge in [-0.05, 0) is 62.3 Å². The molecule has 2 aromatic rings. The molecule has 2 aliphatic heterocycles. The van der Waals surface area contributed by atoms with E-state index in [1.807, 2.05) is 0 Å². The van der Waals surface area contributed by atoms with Gasteiger partial charge in [-0.3, -0.25) is 14.5 Å². The maximum Gasteiger partial charge on any atom is 0.291 e. The fraction of sp³-hybridized carbons (Fsp3) is 0.400. The van der Waals surface area contributed by atoms with Crippen molar-refractivity contribution in [1.82, 2.24) is 10.2 Å².